The molecule has 2 rings (SSSR count). The van der Waals surface area contributed by atoms with Gasteiger partial charge in [0.25, 0.3) is 5.91 Å². The number of carbonyl (C=O) groups excluding carboxylic acids is 1. The molecule has 2 aromatic rings. The SMILES string of the molecule is CCN(Cc1ccc(Br)s1)C(=O)c1c(N)cnn1C. The Labute approximate surface area is 124 Å². The number of rotatable bonds is 4. The van der Waals surface area contributed by atoms with E-state index in [1.165, 1.54) is 10.9 Å². The highest BCUT2D eigenvalue weighted by atomic mass is 79.9. The number of nitrogen functional groups attached to an aromatic ring is 1. The summed E-state index contributed by atoms with van der Waals surface area (Å²) in [5, 5.41) is 4.00. The van der Waals surface area contributed by atoms with Gasteiger partial charge in [-0.3, -0.25) is 9.48 Å². The Morgan fingerprint density at radius 2 is 2.32 bits per heavy atom. The number of amides is 1. The van der Waals surface area contributed by atoms with Crippen LogP contribution in [0.5, 0.6) is 0 Å². The Morgan fingerprint density at radius 1 is 1.58 bits per heavy atom. The molecule has 0 fully saturated rings. The largest absolute Gasteiger partial charge is 0.396 e. The average Bonchev–Trinajstić information content (AvgIpc) is 2.92. The smallest absolute Gasteiger partial charge is 0.274 e. The monoisotopic (exact) mass is 342 g/mol. The molecule has 0 atom stereocenters. The fourth-order valence-corrected chi connectivity index (χ4v) is 3.32. The summed E-state index contributed by atoms with van der Waals surface area (Å²) in [5.74, 6) is -0.0930. The van der Waals surface area contributed by atoms with Gasteiger partial charge in [-0.2, -0.15) is 5.10 Å². The second-order valence-electron chi connectivity index (χ2n) is 4.10. The minimum Gasteiger partial charge on any atom is -0.396 e. The van der Waals surface area contributed by atoms with Crippen LogP contribution in [-0.4, -0.2) is 27.1 Å². The van der Waals surface area contributed by atoms with Crippen LogP contribution in [0, 0.1) is 0 Å². The van der Waals surface area contributed by atoms with Crippen molar-refractivity contribution in [2.75, 3.05) is 12.3 Å². The van der Waals surface area contributed by atoms with Gasteiger partial charge in [0.05, 0.1) is 22.2 Å². The van der Waals surface area contributed by atoms with Crippen molar-refractivity contribution in [1.29, 1.82) is 0 Å². The zero-order chi connectivity index (χ0) is 14.0. The number of nitrogens with zero attached hydrogens (tertiary/aromatic N) is 3. The Bertz CT molecular complexity index is 573. The highest BCUT2D eigenvalue weighted by Gasteiger charge is 2.21. The van der Waals surface area contributed by atoms with E-state index in [0.29, 0.717) is 24.5 Å². The molecule has 19 heavy (non-hydrogen) atoms. The molecule has 2 heterocycles. The van der Waals surface area contributed by atoms with E-state index < -0.39 is 0 Å². The molecule has 0 bridgehead atoms. The molecule has 0 aliphatic carbocycles. The molecule has 2 aromatic heterocycles. The van der Waals surface area contributed by atoms with Gasteiger partial charge in [-0.15, -0.1) is 11.3 Å². The predicted octanol–water partition coefficient (Wildman–Crippen LogP) is 2.49. The van der Waals surface area contributed by atoms with E-state index in [2.05, 4.69) is 21.0 Å². The van der Waals surface area contributed by atoms with Crippen LogP contribution in [-0.2, 0) is 13.6 Å². The van der Waals surface area contributed by atoms with Crippen LogP contribution in [0.15, 0.2) is 22.1 Å². The van der Waals surface area contributed by atoms with E-state index in [0.717, 1.165) is 8.66 Å². The maximum absolute atomic E-state index is 12.5. The summed E-state index contributed by atoms with van der Waals surface area (Å²) in [6.07, 6.45) is 1.50. The van der Waals surface area contributed by atoms with Crippen molar-refractivity contribution >= 4 is 38.9 Å². The van der Waals surface area contributed by atoms with E-state index >= 15 is 0 Å². The molecule has 2 N–H and O–H groups in total. The quantitative estimate of drug-likeness (QED) is 0.928. The highest BCUT2D eigenvalue weighted by Crippen LogP contribution is 2.24. The molecule has 0 saturated carbocycles. The number of aryl methyl sites for hydroxylation is 1. The van der Waals surface area contributed by atoms with Gasteiger partial charge in [-0.25, -0.2) is 0 Å². The lowest BCUT2D eigenvalue weighted by Gasteiger charge is -2.20. The number of hydrogen-bond acceptors (Lipinski definition) is 4. The van der Waals surface area contributed by atoms with Gasteiger partial charge < -0.3 is 10.6 Å². The first kappa shape index (κ1) is 14.1. The third-order valence-corrected chi connectivity index (χ3v) is 4.42. The molecule has 0 unspecified atom stereocenters. The normalized spacial score (nSPS) is 10.7. The number of hydrogen-bond donors (Lipinski definition) is 1. The summed E-state index contributed by atoms with van der Waals surface area (Å²) in [6, 6.07) is 3.99. The van der Waals surface area contributed by atoms with Crippen LogP contribution in [0.2, 0.25) is 0 Å². The standard InChI is InChI=1S/C12H15BrN4OS/c1-3-17(7-8-4-5-10(13)19-8)12(18)11-9(14)6-15-16(11)2/h4-6H,3,7,14H2,1-2H3. The molecule has 0 aromatic carbocycles. The first-order valence-corrected chi connectivity index (χ1v) is 7.44. The highest BCUT2D eigenvalue weighted by molar-refractivity contribution is 9.11. The van der Waals surface area contributed by atoms with E-state index in [9.17, 15) is 4.79 Å². The number of aromatic nitrogens is 2. The lowest BCUT2D eigenvalue weighted by atomic mass is 10.3. The molecule has 0 aliphatic rings. The van der Waals surface area contributed by atoms with Gasteiger partial charge in [0, 0.05) is 18.5 Å². The van der Waals surface area contributed by atoms with Gasteiger partial charge in [0.2, 0.25) is 0 Å². The van der Waals surface area contributed by atoms with Crippen molar-refractivity contribution in [2.24, 2.45) is 7.05 Å². The van der Waals surface area contributed by atoms with Gasteiger partial charge in [0.1, 0.15) is 5.69 Å². The number of carbonyl (C=O) groups is 1. The summed E-state index contributed by atoms with van der Waals surface area (Å²) in [4.78, 5) is 15.4. The van der Waals surface area contributed by atoms with Crippen molar-refractivity contribution in [2.45, 2.75) is 13.5 Å². The summed E-state index contributed by atoms with van der Waals surface area (Å²) >= 11 is 5.05. The summed E-state index contributed by atoms with van der Waals surface area (Å²) < 4.78 is 2.58. The van der Waals surface area contributed by atoms with Crippen LogP contribution >= 0.6 is 27.3 Å². The van der Waals surface area contributed by atoms with Crippen molar-refractivity contribution in [3.8, 4) is 0 Å². The van der Waals surface area contributed by atoms with Crippen molar-refractivity contribution in [3.05, 3.63) is 32.7 Å². The lowest BCUT2D eigenvalue weighted by Crippen LogP contribution is -2.32. The van der Waals surface area contributed by atoms with Crippen LogP contribution in [0.1, 0.15) is 22.3 Å². The Balaban J connectivity index is 2.20. The molecule has 0 saturated heterocycles. The first-order valence-electron chi connectivity index (χ1n) is 5.84. The number of halogens is 1. The fourth-order valence-electron chi connectivity index (χ4n) is 1.82. The Hall–Kier alpha value is -1.34. The second kappa shape index (κ2) is 5.75. The third-order valence-electron chi connectivity index (χ3n) is 2.81. The van der Waals surface area contributed by atoms with Crippen LogP contribution in [0.4, 0.5) is 5.69 Å². The molecule has 0 radical (unpaired) electrons. The van der Waals surface area contributed by atoms with E-state index in [1.807, 2.05) is 19.1 Å². The predicted molar refractivity (Wildman–Crippen MR) is 80.1 cm³/mol. The average molecular weight is 343 g/mol. The summed E-state index contributed by atoms with van der Waals surface area (Å²) in [7, 11) is 1.72. The van der Waals surface area contributed by atoms with E-state index in [4.69, 9.17) is 5.73 Å². The zero-order valence-corrected chi connectivity index (χ0v) is 13.2. The molecule has 102 valence electrons. The van der Waals surface area contributed by atoms with Crippen LogP contribution < -0.4 is 5.73 Å². The topological polar surface area (TPSA) is 64.2 Å². The maximum atomic E-state index is 12.5. The molecule has 0 spiro atoms. The molecular formula is C12H15BrN4OS. The second-order valence-corrected chi connectivity index (χ2v) is 6.64. The third kappa shape index (κ3) is 2.98. The molecule has 0 aliphatic heterocycles. The molecule has 1 amide bonds. The Kier molecular flexibility index (Phi) is 4.26. The van der Waals surface area contributed by atoms with Crippen molar-refractivity contribution in [1.82, 2.24) is 14.7 Å². The van der Waals surface area contributed by atoms with Crippen LogP contribution in [0.3, 0.4) is 0 Å². The summed E-state index contributed by atoms with van der Waals surface area (Å²) in [6.45, 7) is 3.16. The van der Waals surface area contributed by atoms with Gasteiger partial charge in [-0.1, -0.05) is 0 Å². The summed E-state index contributed by atoms with van der Waals surface area (Å²) in [5.41, 5.74) is 6.65. The van der Waals surface area contributed by atoms with Gasteiger partial charge in [0.15, 0.2) is 0 Å². The lowest BCUT2D eigenvalue weighted by molar-refractivity contribution is 0.0744. The molecular weight excluding hydrogens is 328 g/mol. The van der Waals surface area contributed by atoms with E-state index in [-0.39, 0.29) is 5.91 Å². The van der Waals surface area contributed by atoms with Crippen molar-refractivity contribution < 1.29 is 4.79 Å². The minimum absolute atomic E-state index is 0.0930. The fraction of sp³-hybridized carbons (Fsp3) is 0.333. The molecule has 7 heteroatoms. The maximum Gasteiger partial charge on any atom is 0.274 e. The van der Waals surface area contributed by atoms with E-state index in [1.54, 1.807) is 23.3 Å². The minimum atomic E-state index is -0.0930. The molecule has 5 nitrogen and oxygen atoms in total. The Morgan fingerprint density at radius 3 is 2.79 bits per heavy atom. The number of thiophene rings is 1. The number of anilines is 1. The van der Waals surface area contributed by atoms with Crippen molar-refractivity contribution in [3.63, 3.8) is 0 Å². The zero-order valence-electron chi connectivity index (χ0n) is 10.8. The van der Waals surface area contributed by atoms with Crippen LogP contribution in [0.25, 0.3) is 0 Å². The van der Waals surface area contributed by atoms with Gasteiger partial charge in [-0.05, 0) is 35.0 Å². The van der Waals surface area contributed by atoms with Gasteiger partial charge >= 0.3 is 0 Å². The first-order chi connectivity index (χ1) is 9.02. The number of nitrogens with two attached hydrogens (primary N) is 1.